The largest absolute Gasteiger partial charge is 0.496 e. The molecule has 1 aromatic heterocycles. The fraction of sp³-hybridized carbons (Fsp3) is 0.286. The van der Waals surface area contributed by atoms with Crippen molar-refractivity contribution < 1.29 is 9.66 Å². The minimum atomic E-state index is -0.497. The first-order valence-corrected chi connectivity index (χ1v) is 6.29. The average Bonchev–Trinajstić information content (AvgIpc) is 2.35. The second kappa shape index (κ2) is 5.35. The molecule has 0 aliphatic heterocycles. The van der Waals surface area contributed by atoms with Crippen LogP contribution in [0.4, 0.5) is 11.6 Å². The summed E-state index contributed by atoms with van der Waals surface area (Å²) in [6.45, 7) is 5.31. The molecule has 7 nitrogen and oxygen atoms in total. The van der Waals surface area contributed by atoms with Crippen molar-refractivity contribution in [2.24, 2.45) is 0 Å². The van der Waals surface area contributed by atoms with E-state index in [1.807, 2.05) is 19.9 Å². The van der Waals surface area contributed by atoms with E-state index in [0.29, 0.717) is 11.3 Å². The minimum Gasteiger partial charge on any atom is -0.496 e. The number of ether oxygens (including phenoxy) is 1. The Labute approximate surface area is 121 Å². The number of nitrogen functional groups attached to an aromatic ring is 1. The fourth-order valence-corrected chi connectivity index (χ4v) is 2.37. The van der Waals surface area contributed by atoms with Gasteiger partial charge in [-0.2, -0.15) is 0 Å². The molecule has 0 bridgehead atoms. The number of benzene rings is 1. The predicted molar refractivity (Wildman–Crippen MR) is 79.3 cm³/mol. The van der Waals surface area contributed by atoms with E-state index in [-0.39, 0.29) is 23.0 Å². The normalized spacial score (nSPS) is 10.5. The van der Waals surface area contributed by atoms with Gasteiger partial charge in [-0.1, -0.05) is 6.07 Å². The van der Waals surface area contributed by atoms with E-state index in [1.165, 1.54) is 14.0 Å². The zero-order chi connectivity index (χ0) is 15.7. The highest BCUT2D eigenvalue weighted by atomic mass is 16.6. The molecule has 0 atom stereocenters. The number of nitrogens with zero attached hydrogens (tertiary/aromatic N) is 3. The topological polar surface area (TPSA) is 104 Å². The van der Waals surface area contributed by atoms with Crippen LogP contribution in [-0.2, 0) is 0 Å². The standard InChI is InChI=1S/C14H16N4O3/c1-7-5-8(2)11(10(6-7)21-4)12-13(18(19)20)9(3)16-14(15)17-12/h5-6H,1-4H3,(H2,15,16,17). The number of nitrogens with two attached hydrogens (primary N) is 1. The van der Waals surface area contributed by atoms with Crippen LogP contribution in [-0.4, -0.2) is 22.0 Å². The highest BCUT2D eigenvalue weighted by molar-refractivity contribution is 5.79. The summed E-state index contributed by atoms with van der Waals surface area (Å²) in [5.74, 6) is 0.517. The highest BCUT2D eigenvalue weighted by Gasteiger charge is 2.26. The van der Waals surface area contributed by atoms with Gasteiger partial charge in [-0.3, -0.25) is 10.1 Å². The number of methoxy groups -OCH3 is 1. The maximum absolute atomic E-state index is 11.3. The van der Waals surface area contributed by atoms with Crippen LogP contribution >= 0.6 is 0 Å². The van der Waals surface area contributed by atoms with Crippen molar-refractivity contribution in [3.8, 4) is 17.0 Å². The lowest BCUT2D eigenvalue weighted by Gasteiger charge is -2.13. The van der Waals surface area contributed by atoms with Crippen molar-refractivity contribution in [2.45, 2.75) is 20.8 Å². The summed E-state index contributed by atoms with van der Waals surface area (Å²) in [7, 11) is 1.51. The Hall–Kier alpha value is -2.70. The Morgan fingerprint density at radius 2 is 1.90 bits per heavy atom. The van der Waals surface area contributed by atoms with Crippen molar-refractivity contribution in [1.29, 1.82) is 0 Å². The SMILES string of the molecule is COc1cc(C)cc(C)c1-c1nc(N)nc(C)c1[N+](=O)[O-]. The molecule has 1 aromatic carbocycles. The number of anilines is 1. The van der Waals surface area contributed by atoms with Crippen LogP contribution in [0.5, 0.6) is 5.75 Å². The molecule has 0 amide bonds. The van der Waals surface area contributed by atoms with Gasteiger partial charge < -0.3 is 10.5 Å². The average molecular weight is 288 g/mol. The zero-order valence-corrected chi connectivity index (χ0v) is 12.3. The summed E-state index contributed by atoms with van der Waals surface area (Å²) in [6.07, 6.45) is 0. The van der Waals surface area contributed by atoms with Gasteiger partial charge in [0.05, 0.1) is 17.6 Å². The third-order valence-corrected chi connectivity index (χ3v) is 3.16. The molecule has 0 unspecified atom stereocenters. The fourth-order valence-electron chi connectivity index (χ4n) is 2.37. The lowest BCUT2D eigenvalue weighted by Crippen LogP contribution is -2.06. The monoisotopic (exact) mass is 288 g/mol. The molecule has 1 heterocycles. The van der Waals surface area contributed by atoms with E-state index < -0.39 is 4.92 Å². The molecule has 0 fully saturated rings. The van der Waals surface area contributed by atoms with Gasteiger partial charge in [-0.25, -0.2) is 9.97 Å². The van der Waals surface area contributed by atoms with Gasteiger partial charge in [0.1, 0.15) is 11.4 Å². The van der Waals surface area contributed by atoms with Gasteiger partial charge in [0, 0.05) is 0 Å². The molecular weight excluding hydrogens is 272 g/mol. The Balaban J connectivity index is 2.87. The van der Waals surface area contributed by atoms with Crippen molar-refractivity contribution in [1.82, 2.24) is 9.97 Å². The molecule has 2 aromatic rings. The van der Waals surface area contributed by atoms with E-state index in [9.17, 15) is 10.1 Å². The number of aromatic nitrogens is 2. The second-order valence-electron chi connectivity index (χ2n) is 4.78. The Bertz CT molecular complexity index is 729. The van der Waals surface area contributed by atoms with E-state index in [0.717, 1.165) is 11.1 Å². The van der Waals surface area contributed by atoms with Crippen molar-refractivity contribution in [2.75, 3.05) is 12.8 Å². The maximum Gasteiger partial charge on any atom is 0.316 e. The van der Waals surface area contributed by atoms with Gasteiger partial charge in [0.2, 0.25) is 5.95 Å². The minimum absolute atomic E-state index is 0.00451. The molecule has 21 heavy (non-hydrogen) atoms. The molecule has 0 aliphatic carbocycles. The molecule has 110 valence electrons. The van der Waals surface area contributed by atoms with Crippen LogP contribution < -0.4 is 10.5 Å². The van der Waals surface area contributed by atoms with Crippen molar-refractivity contribution in [3.05, 3.63) is 39.1 Å². The lowest BCUT2D eigenvalue weighted by atomic mass is 9.99. The summed E-state index contributed by atoms with van der Waals surface area (Å²) in [6, 6.07) is 3.72. The lowest BCUT2D eigenvalue weighted by molar-refractivity contribution is -0.385. The highest BCUT2D eigenvalue weighted by Crippen LogP contribution is 2.39. The number of rotatable bonds is 3. The van der Waals surface area contributed by atoms with E-state index >= 15 is 0 Å². The van der Waals surface area contributed by atoms with Crippen LogP contribution in [0.3, 0.4) is 0 Å². The van der Waals surface area contributed by atoms with Crippen LogP contribution in [0.25, 0.3) is 11.3 Å². The van der Waals surface area contributed by atoms with Crippen LogP contribution in [0.2, 0.25) is 0 Å². The van der Waals surface area contributed by atoms with Gasteiger partial charge in [0.15, 0.2) is 5.69 Å². The molecule has 7 heteroatoms. The smallest absolute Gasteiger partial charge is 0.316 e. The zero-order valence-electron chi connectivity index (χ0n) is 12.3. The first-order chi connectivity index (χ1) is 9.85. The maximum atomic E-state index is 11.3. The molecule has 2 rings (SSSR count). The Morgan fingerprint density at radius 3 is 2.48 bits per heavy atom. The van der Waals surface area contributed by atoms with E-state index in [1.54, 1.807) is 6.07 Å². The number of hydrogen-bond donors (Lipinski definition) is 1. The molecule has 0 saturated carbocycles. The molecule has 0 spiro atoms. The summed E-state index contributed by atoms with van der Waals surface area (Å²) >= 11 is 0. The number of hydrogen-bond acceptors (Lipinski definition) is 6. The molecule has 2 N–H and O–H groups in total. The number of aryl methyl sites for hydroxylation is 3. The second-order valence-corrected chi connectivity index (χ2v) is 4.78. The van der Waals surface area contributed by atoms with Crippen LogP contribution in [0.15, 0.2) is 12.1 Å². The van der Waals surface area contributed by atoms with Gasteiger partial charge in [-0.05, 0) is 38.0 Å². The quantitative estimate of drug-likeness (QED) is 0.687. The third-order valence-electron chi connectivity index (χ3n) is 3.16. The van der Waals surface area contributed by atoms with E-state index in [4.69, 9.17) is 10.5 Å². The molecule has 0 saturated heterocycles. The van der Waals surface area contributed by atoms with Crippen molar-refractivity contribution in [3.63, 3.8) is 0 Å². The van der Waals surface area contributed by atoms with Gasteiger partial charge >= 0.3 is 5.69 Å². The van der Waals surface area contributed by atoms with Crippen molar-refractivity contribution >= 4 is 11.6 Å². The third kappa shape index (κ3) is 2.62. The Morgan fingerprint density at radius 1 is 1.24 bits per heavy atom. The Kier molecular flexibility index (Phi) is 3.75. The van der Waals surface area contributed by atoms with Gasteiger partial charge in [-0.15, -0.1) is 0 Å². The first-order valence-electron chi connectivity index (χ1n) is 6.29. The summed E-state index contributed by atoms with van der Waals surface area (Å²) in [5.41, 5.74) is 8.28. The molecule has 0 aliphatic rings. The molecular formula is C14H16N4O3. The summed E-state index contributed by atoms with van der Waals surface area (Å²) in [5, 5.41) is 11.3. The van der Waals surface area contributed by atoms with Crippen LogP contribution in [0.1, 0.15) is 16.8 Å². The first kappa shape index (κ1) is 14.7. The van der Waals surface area contributed by atoms with Crippen LogP contribution in [0, 0.1) is 30.9 Å². The van der Waals surface area contributed by atoms with Gasteiger partial charge in [0.25, 0.3) is 0 Å². The number of nitro groups is 1. The predicted octanol–water partition coefficient (Wildman–Crippen LogP) is 2.57. The summed E-state index contributed by atoms with van der Waals surface area (Å²) in [4.78, 5) is 18.8. The summed E-state index contributed by atoms with van der Waals surface area (Å²) < 4.78 is 5.35. The molecule has 0 radical (unpaired) electrons. The van der Waals surface area contributed by atoms with E-state index in [2.05, 4.69) is 9.97 Å².